The average molecular weight is 320 g/mol. The molecule has 0 aromatic heterocycles. The van der Waals surface area contributed by atoms with Crippen molar-refractivity contribution in [3.8, 4) is 0 Å². The van der Waals surface area contributed by atoms with Crippen LogP contribution in [0.5, 0.6) is 0 Å². The molecule has 0 heterocycles. The van der Waals surface area contributed by atoms with Crippen LogP contribution in [0.25, 0.3) is 0 Å². The lowest BCUT2D eigenvalue weighted by atomic mass is 9.91. The second-order valence-corrected chi connectivity index (χ2v) is 6.00. The minimum absolute atomic E-state index is 0.0758. The first-order valence-corrected chi connectivity index (χ1v) is 7.12. The minimum atomic E-state index is -1.19. The van der Waals surface area contributed by atoms with Crippen LogP contribution >= 0.6 is 23.2 Å². The van der Waals surface area contributed by atoms with E-state index in [-0.39, 0.29) is 10.0 Å². The zero-order valence-corrected chi connectivity index (χ0v) is 12.8. The van der Waals surface area contributed by atoms with Crippen LogP contribution in [0.3, 0.4) is 0 Å². The molecule has 2 rings (SSSR count). The molecule has 1 unspecified atom stereocenters. The number of rotatable bonds is 5. The van der Waals surface area contributed by atoms with E-state index in [2.05, 4.69) is 5.32 Å². The summed E-state index contributed by atoms with van der Waals surface area (Å²) in [5.41, 5.74) is -0.867. The maximum atomic E-state index is 13.7. The maximum absolute atomic E-state index is 13.7. The second kappa shape index (κ2) is 5.88. The van der Waals surface area contributed by atoms with E-state index in [0.29, 0.717) is 18.0 Å². The van der Waals surface area contributed by atoms with Crippen LogP contribution in [0, 0.1) is 11.7 Å². The molecule has 20 heavy (non-hydrogen) atoms. The van der Waals surface area contributed by atoms with Gasteiger partial charge >= 0.3 is 5.97 Å². The monoisotopic (exact) mass is 319 g/mol. The molecular formula is C14H16Cl2FNO2. The van der Waals surface area contributed by atoms with Crippen LogP contribution in [-0.4, -0.2) is 19.6 Å². The van der Waals surface area contributed by atoms with Gasteiger partial charge in [0.05, 0.1) is 12.1 Å². The first-order chi connectivity index (χ1) is 9.38. The van der Waals surface area contributed by atoms with E-state index in [1.54, 1.807) is 6.92 Å². The van der Waals surface area contributed by atoms with Crippen LogP contribution in [0.15, 0.2) is 12.1 Å². The van der Waals surface area contributed by atoms with Crippen molar-refractivity contribution in [2.75, 3.05) is 13.7 Å². The Bertz CT molecular complexity index is 534. The highest BCUT2D eigenvalue weighted by atomic mass is 35.5. The van der Waals surface area contributed by atoms with Crippen molar-refractivity contribution in [1.29, 1.82) is 0 Å². The number of carbonyl (C=O) groups excluding carboxylic acids is 1. The summed E-state index contributed by atoms with van der Waals surface area (Å²) in [5, 5.41) is 3.30. The van der Waals surface area contributed by atoms with Crippen molar-refractivity contribution in [3.63, 3.8) is 0 Å². The van der Waals surface area contributed by atoms with Crippen LogP contribution in [0.1, 0.15) is 25.3 Å². The number of hydrogen-bond donors (Lipinski definition) is 1. The van der Waals surface area contributed by atoms with Gasteiger partial charge in [-0.25, -0.2) is 9.18 Å². The molecule has 1 saturated carbocycles. The molecule has 1 aliphatic rings. The van der Waals surface area contributed by atoms with Gasteiger partial charge in [0.1, 0.15) is 11.4 Å². The molecular weight excluding hydrogens is 304 g/mol. The third-order valence-corrected chi connectivity index (χ3v) is 4.19. The Morgan fingerprint density at radius 2 is 2.10 bits per heavy atom. The van der Waals surface area contributed by atoms with Gasteiger partial charge in [-0.15, -0.1) is 0 Å². The van der Waals surface area contributed by atoms with Gasteiger partial charge in [0.15, 0.2) is 0 Å². The molecule has 0 saturated heterocycles. The Morgan fingerprint density at radius 3 is 2.65 bits per heavy atom. The highest BCUT2D eigenvalue weighted by molar-refractivity contribution is 6.35. The average Bonchev–Trinajstić information content (AvgIpc) is 3.23. The van der Waals surface area contributed by atoms with Crippen LogP contribution in [0.4, 0.5) is 4.39 Å². The molecule has 0 radical (unpaired) electrons. The highest BCUT2D eigenvalue weighted by Crippen LogP contribution is 2.35. The lowest BCUT2D eigenvalue weighted by Gasteiger charge is -2.29. The van der Waals surface area contributed by atoms with Gasteiger partial charge in [-0.2, -0.15) is 0 Å². The molecule has 1 fully saturated rings. The van der Waals surface area contributed by atoms with E-state index < -0.39 is 17.3 Å². The summed E-state index contributed by atoms with van der Waals surface area (Å²) in [6.07, 6.45) is 2.26. The minimum Gasteiger partial charge on any atom is -0.467 e. The Balaban J connectivity index is 2.38. The molecule has 1 aromatic carbocycles. The maximum Gasteiger partial charge on any atom is 0.330 e. The second-order valence-electron chi connectivity index (χ2n) is 5.19. The Morgan fingerprint density at radius 1 is 1.45 bits per heavy atom. The molecule has 1 atom stereocenters. The summed E-state index contributed by atoms with van der Waals surface area (Å²) in [6, 6.07) is 2.48. The summed E-state index contributed by atoms with van der Waals surface area (Å²) in [4.78, 5) is 12.1. The number of ether oxygens (including phenoxy) is 1. The normalized spacial score (nSPS) is 17.6. The van der Waals surface area contributed by atoms with Crippen LogP contribution in [0.2, 0.25) is 10.0 Å². The Kier molecular flexibility index (Phi) is 4.57. The summed E-state index contributed by atoms with van der Waals surface area (Å²) >= 11 is 11.8. The predicted molar refractivity (Wildman–Crippen MR) is 76.5 cm³/mol. The van der Waals surface area contributed by atoms with E-state index in [1.165, 1.54) is 19.2 Å². The van der Waals surface area contributed by atoms with Crippen molar-refractivity contribution in [2.24, 2.45) is 5.92 Å². The molecule has 110 valence electrons. The molecule has 0 bridgehead atoms. The lowest BCUT2D eigenvalue weighted by molar-refractivity contribution is -0.148. The lowest BCUT2D eigenvalue weighted by Crippen LogP contribution is -2.48. The predicted octanol–water partition coefficient (Wildman–Crippen LogP) is 3.52. The summed E-state index contributed by atoms with van der Waals surface area (Å²) < 4.78 is 18.5. The van der Waals surface area contributed by atoms with Crippen LogP contribution < -0.4 is 5.32 Å². The third kappa shape index (κ3) is 3.08. The van der Waals surface area contributed by atoms with Crippen molar-refractivity contribution in [1.82, 2.24) is 5.32 Å². The topological polar surface area (TPSA) is 38.3 Å². The van der Waals surface area contributed by atoms with E-state index in [9.17, 15) is 9.18 Å². The van der Waals surface area contributed by atoms with E-state index in [1.807, 2.05) is 0 Å². The smallest absolute Gasteiger partial charge is 0.330 e. The third-order valence-electron chi connectivity index (χ3n) is 3.58. The summed E-state index contributed by atoms with van der Waals surface area (Å²) in [6.45, 7) is 2.29. The van der Waals surface area contributed by atoms with E-state index in [4.69, 9.17) is 27.9 Å². The largest absolute Gasteiger partial charge is 0.467 e. The van der Waals surface area contributed by atoms with Gasteiger partial charge in [-0.3, -0.25) is 5.32 Å². The number of methoxy groups -OCH3 is 1. The fourth-order valence-electron chi connectivity index (χ4n) is 2.06. The highest BCUT2D eigenvalue weighted by Gasteiger charge is 2.39. The van der Waals surface area contributed by atoms with Crippen LogP contribution in [-0.2, 0) is 15.1 Å². The van der Waals surface area contributed by atoms with Crippen molar-refractivity contribution in [2.45, 2.75) is 25.3 Å². The van der Waals surface area contributed by atoms with Crippen molar-refractivity contribution >= 4 is 29.2 Å². The van der Waals surface area contributed by atoms with Crippen molar-refractivity contribution < 1.29 is 13.9 Å². The zero-order valence-electron chi connectivity index (χ0n) is 11.3. The van der Waals surface area contributed by atoms with E-state index >= 15 is 0 Å². The number of nitrogens with one attached hydrogen (secondary N) is 1. The number of benzene rings is 1. The number of halogens is 3. The standard InChI is InChI=1S/C14H16Cl2FNO2/c1-14(13(19)20-2,18-7-8-3-4-8)9-5-12(17)11(16)6-10(9)15/h5-6,8,18H,3-4,7H2,1-2H3. The van der Waals surface area contributed by atoms with Gasteiger partial charge in [0.2, 0.25) is 0 Å². The molecule has 6 heteroatoms. The first-order valence-electron chi connectivity index (χ1n) is 6.37. The number of hydrogen-bond acceptors (Lipinski definition) is 3. The molecule has 0 amide bonds. The summed E-state index contributed by atoms with van der Waals surface area (Å²) in [7, 11) is 1.29. The molecule has 0 spiro atoms. The Labute approximate surface area is 127 Å². The quantitative estimate of drug-likeness (QED) is 0.666. The van der Waals surface area contributed by atoms with Gasteiger partial charge in [-0.05, 0) is 44.4 Å². The summed E-state index contributed by atoms with van der Waals surface area (Å²) in [5.74, 6) is -0.578. The number of carbonyl (C=O) groups is 1. The van der Waals surface area contributed by atoms with E-state index in [0.717, 1.165) is 12.8 Å². The first kappa shape index (κ1) is 15.5. The molecule has 1 N–H and O–H groups in total. The van der Waals surface area contributed by atoms with Gasteiger partial charge < -0.3 is 4.74 Å². The molecule has 1 aromatic rings. The van der Waals surface area contributed by atoms with Gasteiger partial charge in [0, 0.05) is 10.6 Å². The van der Waals surface area contributed by atoms with Gasteiger partial charge in [-0.1, -0.05) is 23.2 Å². The van der Waals surface area contributed by atoms with Crippen molar-refractivity contribution in [3.05, 3.63) is 33.6 Å². The fourth-order valence-corrected chi connectivity index (χ4v) is 2.63. The number of esters is 1. The molecule has 3 nitrogen and oxygen atoms in total. The van der Waals surface area contributed by atoms with Gasteiger partial charge in [0.25, 0.3) is 0 Å². The Hall–Kier alpha value is -0.840. The molecule has 1 aliphatic carbocycles. The molecule has 0 aliphatic heterocycles. The SMILES string of the molecule is COC(=O)C(C)(NCC1CC1)c1cc(F)c(Cl)cc1Cl. The fraction of sp³-hybridized carbons (Fsp3) is 0.500. The zero-order chi connectivity index (χ0) is 14.9.